The monoisotopic (exact) mass is 242 g/mol. The van der Waals surface area contributed by atoms with Gasteiger partial charge in [0.05, 0.1) is 12.8 Å². The Balaban J connectivity index is 2.42. The number of hydrogen-bond donors (Lipinski definition) is 0. The maximum Gasteiger partial charge on any atom is 0.170 e. The quantitative estimate of drug-likeness (QED) is 0.647. The van der Waals surface area contributed by atoms with E-state index in [9.17, 15) is 19.2 Å². The Kier molecular flexibility index (Phi) is 3.28. The summed E-state index contributed by atoms with van der Waals surface area (Å²) in [6.45, 7) is 0. The van der Waals surface area contributed by atoms with E-state index in [1.165, 1.54) is 24.3 Å². The number of ketones is 4. The fraction of sp³-hybridized carbons (Fsp3) is 0.143. The van der Waals surface area contributed by atoms with Crippen LogP contribution in [0.2, 0.25) is 0 Å². The summed E-state index contributed by atoms with van der Waals surface area (Å²) < 4.78 is 0. The number of hydrogen-bond acceptors (Lipinski definition) is 4. The molecule has 0 radical (unpaired) electrons. The second-order valence-corrected chi connectivity index (χ2v) is 4.04. The molecule has 4 heteroatoms. The molecule has 90 valence electrons. The van der Waals surface area contributed by atoms with E-state index in [1.807, 2.05) is 0 Å². The minimum atomic E-state index is -0.439. The standard InChI is InChI=1S/C14H10O4/c15-11-5-6-12(16)8-14(18)10-2-1-9(3-4-10)13(17)7-11/h1-6H,7-8H2/b6-5-. The van der Waals surface area contributed by atoms with Crippen LogP contribution in [0.4, 0.5) is 0 Å². The Morgan fingerprint density at radius 1 is 0.611 bits per heavy atom. The highest BCUT2D eigenvalue weighted by Crippen LogP contribution is 2.11. The van der Waals surface area contributed by atoms with E-state index in [0.717, 1.165) is 12.2 Å². The smallest absolute Gasteiger partial charge is 0.170 e. The van der Waals surface area contributed by atoms with Crippen LogP contribution in [0.25, 0.3) is 0 Å². The number of allylic oxidation sites excluding steroid dienone is 2. The normalized spacial score (nSPS) is 18.4. The third kappa shape index (κ3) is 2.66. The van der Waals surface area contributed by atoms with Crippen LogP contribution in [0.1, 0.15) is 33.6 Å². The molecule has 0 aromatic heterocycles. The topological polar surface area (TPSA) is 68.3 Å². The van der Waals surface area contributed by atoms with E-state index in [2.05, 4.69) is 0 Å². The third-order valence-electron chi connectivity index (χ3n) is 2.65. The number of Topliss-reactive ketones (excluding diaryl/α,β-unsaturated/α-hetero) is 2. The number of benzene rings is 1. The van der Waals surface area contributed by atoms with Crippen molar-refractivity contribution in [2.45, 2.75) is 12.8 Å². The van der Waals surface area contributed by atoms with Gasteiger partial charge < -0.3 is 0 Å². The fourth-order valence-corrected chi connectivity index (χ4v) is 1.67. The van der Waals surface area contributed by atoms with Crippen molar-refractivity contribution in [3.05, 3.63) is 47.5 Å². The first kappa shape index (κ1) is 12.1. The van der Waals surface area contributed by atoms with Crippen LogP contribution in [0.5, 0.6) is 0 Å². The predicted octanol–water partition coefficient (Wildman–Crippen LogP) is 1.54. The summed E-state index contributed by atoms with van der Waals surface area (Å²) in [6.07, 6.45) is 1.58. The van der Waals surface area contributed by atoms with Gasteiger partial charge in [-0.3, -0.25) is 19.2 Å². The molecule has 1 aromatic carbocycles. The minimum Gasteiger partial charge on any atom is -0.294 e. The highest BCUT2D eigenvalue weighted by Gasteiger charge is 2.15. The lowest BCUT2D eigenvalue weighted by atomic mass is 9.99. The van der Waals surface area contributed by atoms with Gasteiger partial charge in [0.15, 0.2) is 23.1 Å². The van der Waals surface area contributed by atoms with Gasteiger partial charge in [0, 0.05) is 11.1 Å². The maximum atomic E-state index is 11.7. The van der Waals surface area contributed by atoms with Crippen molar-refractivity contribution < 1.29 is 19.2 Å². The van der Waals surface area contributed by atoms with Crippen LogP contribution in [0.3, 0.4) is 0 Å². The second kappa shape index (κ2) is 4.87. The zero-order valence-electron chi connectivity index (χ0n) is 9.51. The fourth-order valence-electron chi connectivity index (χ4n) is 1.67. The highest BCUT2D eigenvalue weighted by molar-refractivity contribution is 6.16. The molecule has 4 nitrogen and oxygen atoms in total. The lowest BCUT2D eigenvalue weighted by molar-refractivity contribution is -0.116. The summed E-state index contributed by atoms with van der Waals surface area (Å²) in [5, 5.41) is 0. The van der Waals surface area contributed by atoms with Gasteiger partial charge in [0.1, 0.15) is 0 Å². The summed E-state index contributed by atoms with van der Waals surface area (Å²) in [6, 6.07) is 5.99. The van der Waals surface area contributed by atoms with E-state index in [0.29, 0.717) is 11.1 Å². The summed E-state index contributed by atoms with van der Waals surface area (Å²) in [4.78, 5) is 46.2. The average molecular weight is 242 g/mol. The number of fused-ring (bicyclic) bond motifs is 8. The van der Waals surface area contributed by atoms with Gasteiger partial charge in [-0.2, -0.15) is 0 Å². The average Bonchev–Trinajstić information content (AvgIpc) is 2.35. The van der Waals surface area contributed by atoms with Crippen molar-refractivity contribution in [2.24, 2.45) is 0 Å². The molecule has 2 aliphatic carbocycles. The molecule has 18 heavy (non-hydrogen) atoms. The van der Waals surface area contributed by atoms with Crippen molar-refractivity contribution in [3.63, 3.8) is 0 Å². The van der Waals surface area contributed by atoms with Gasteiger partial charge in [0.25, 0.3) is 0 Å². The molecule has 0 unspecified atom stereocenters. The van der Waals surface area contributed by atoms with E-state index in [-0.39, 0.29) is 24.4 Å². The van der Waals surface area contributed by atoms with Gasteiger partial charge in [-0.05, 0) is 12.2 Å². The minimum absolute atomic E-state index is 0.267. The largest absolute Gasteiger partial charge is 0.294 e. The first-order valence-corrected chi connectivity index (χ1v) is 5.46. The third-order valence-corrected chi connectivity index (χ3v) is 2.65. The Hall–Kier alpha value is -2.36. The van der Waals surface area contributed by atoms with Crippen LogP contribution in [-0.4, -0.2) is 23.1 Å². The van der Waals surface area contributed by atoms with E-state index in [4.69, 9.17) is 0 Å². The molecule has 0 atom stereocenters. The molecule has 0 heterocycles. The SMILES string of the molecule is O=C1/C=C\C(=O)CC(=O)c2ccc(cc2)C(=O)C1. The zero-order chi connectivity index (χ0) is 13.1. The second-order valence-electron chi connectivity index (χ2n) is 4.04. The molecular weight excluding hydrogens is 232 g/mol. The molecule has 0 N–H and O–H groups in total. The first-order valence-electron chi connectivity index (χ1n) is 5.46. The number of carbonyl (C=O) groups excluding carboxylic acids is 4. The number of carbonyl (C=O) groups is 4. The zero-order valence-corrected chi connectivity index (χ0v) is 9.51. The van der Waals surface area contributed by atoms with Crippen molar-refractivity contribution in [2.75, 3.05) is 0 Å². The van der Waals surface area contributed by atoms with E-state index >= 15 is 0 Å². The van der Waals surface area contributed by atoms with Gasteiger partial charge in [-0.25, -0.2) is 0 Å². The van der Waals surface area contributed by atoms with Crippen molar-refractivity contribution in [1.29, 1.82) is 0 Å². The molecule has 0 saturated heterocycles. The van der Waals surface area contributed by atoms with Crippen LogP contribution in [-0.2, 0) is 9.59 Å². The molecule has 0 amide bonds. The lowest BCUT2D eigenvalue weighted by Crippen LogP contribution is -2.11. The summed E-state index contributed by atoms with van der Waals surface area (Å²) >= 11 is 0. The molecule has 2 bridgehead atoms. The van der Waals surface area contributed by atoms with Gasteiger partial charge in [0.2, 0.25) is 0 Å². The van der Waals surface area contributed by atoms with Gasteiger partial charge in [-0.15, -0.1) is 0 Å². The molecule has 2 aliphatic rings. The molecule has 0 fully saturated rings. The maximum absolute atomic E-state index is 11.7. The molecular formula is C14H10O4. The van der Waals surface area contributed by atoms with Crippen LogP contribution < -0.4 is 0 Å². The lowest BCUT2D eigenvalue weighted by Gasteiger charge is -2.03. The Labute approximate surface area is 103 Å². The van der Waals surface area contributed by atoms with E-state index < -0.39 is 11.6 Å². The molecule has 0 aliphatic heterocycles. The van der Waals surface area contributed by atoms with Crippen LogP contribution >= 0.6 is 0 Å². The molecule has 1 aromatic rings. The first-order chi connectivity index (χ1) is 8.56. The molecule has 0 saturated carbocycles. The number of rotatable bonds is 0. The van der Waals surface area contributed by atoms with Crippen LogP contribution in [0, 0.1) is 0 Å². The van der Waals surface area contributed by atoms with E-state index in [1.54, 1.807) is 0 Å². The van der Waals surface area contributed by atoms with Crippen molar-refractivity contribution in [1.82, 2.24) is 0 Å². The summed E-state index contributed by atoms with van der Waals surface area (Å²) in [5.74, 6) is -1.52. The Bertz CT molecular complexity index is 513. The Morgan fingerprint density at radius 2 is 0.944 bits per heavy atom. The predicted molar refractivity (Wildman–Crippen MR) is 63.5 cm³/mol. The van der Waals surface area contributed by atoms with Crippen LogP contribution in [0.15, 0.2) is 36.4 Å². The van der Waals surface area contributed by atoms with Crippen molar-refractivity contribution >= 4 is 23.1 Å². The molecule has 0 spiro atoms. The summed E-state index contributed by atoms with van der Waals surface area (Å²) in [7, 11) is 0. The summed E-state index contributed by atoms with van der Waals surface area (Å²) in [5.41, 5.74) is 0.778. The van der Waals surface area contributed by atoms with Gasteiger partial charge in [-0.1, -0.05) is 24.3 Å². The highest BCUT2D eigenvalue weighted by atomic mass is 16.2. The van der Waals surface area contributed by atoms with Crippen molar-refractivity contribution in [3.8, 4) is 0 Å². The van der Waals surface area contributed by atoms with Gasteiger partial charge >= 0.3 is 0 Å². The Morgan fingerprint density at radius 3 is 1.28 bits per heavy atom. The molecule has 3 rings (SSSR count).